The lowest BCUT2D eigenvalue weighted by molar-refractivity contribution is 0.0782. The van der Waals surface area contributed by atoms with Crippen molar-refractivity contribution in [2.24, 2.45) is 0 Å². The van der Waals surface area contributed by atoms with Gasteiger partial charge in [0.1, 0.15) is 12.4 Å². The van der Waals surface area contributed by atoms with Crippen molar-refractivity contribution in [1.29, 1.82) is 0 Å². The van der Waals surface area contributed by atoms with Gasteiger partial charge in [0.2, 0.25) is 0 Å². The Morgan fingerprint density at radius 2 is 2.00 bits per heavy atom. The minimum atomic E-state index is -0.0451. The van der Waals surface area contributed by atoms with Crippen LogP contribution in [0.1, 0.15) is 39.7 Å². The molecule has 0 aliphatic rings. The number of rotatable bonds is 7. The summed E-state index contributed by atoms with van der Waals surface area (Å²) in [6, 6.07) is 13.7. The third-order valence-electron chi connectivity index (χ3n) is 4.74. The van der Waals surface area contributed by atoms with Crippen molar-refractivity contribution in [3.63, 3.8) is 0 Å². The molecular formula is C23H26BrN3O2. The first-order valence-electron chi connectivity index (χ1n) is 9.63. The maximum atomic E-state index is 12.9. The van der Waals surface area contributed by atoms with E-state index in [9.17, 15) is 4.79 Å². The van der Waals surface area contributed by atoms with Gasteiger partial charge in [-0.15, -0.1) is 0 Å². The van der Waals surface area contributed by atoms with E-state index in [4.69, 9.17) is 4.74 Å². The van der Waals surface area contributed by atoms with Gasteiger partial charge < -0.3 is 9.64 Å². The topological polar surface area (TPSA) is 47.4 Å². The third-order valence-corrected chi connectivity index (χ3v) is 5.41. The van der Waals surface area contributed by atoms with Gasteiger partial charge >= 0.3 is 0 Å². The molecule has 0 spiro atoms. The van der Waals surface area contributed by atoms with Gasteiger partial charge in [0.05, 0.1) is 16.7 Å². The SMILES string of the molecule is CCn1cc(Br)c(CN(C)C(=O)c2cccc(COc3ccc(C)cc3C)c2)n1. The van der Waals surface area contributed by atoms with E-state index in [0.29, 0.717) is 18.7 Å². The smallest absolute Gasteiger partial charge is 0.253 e. The lowest BCUT2D eigenvalue weighted by Crippen LogP contribution is -2.26. The Labute approximate surface area is 180 Å². The van der Waals surface area contributed by atoms with Crippen LogP contribution in [-0.2, 0) is 19.7 Å². The van der Waals surface area contributed by atoms with E-state index in [1.165, 1.54) is 5.56 Å². The Balaban J connectivity index is 1.67. The summed E-state index contributed by atoms with van der Waals surface area (Å²) in [6.07, 6.45) is 1.93. The van der Waals surface area contributed by atoms with E-state index in [-0.39, 0.29) is 5.91 Å². The number of aryl methyl sites for hydroxylation is 3. The zero-order valence-electron chi connectivity index (χ0n) is 17.3. The number of benzene rings is 2. The standard InChI is InChI=1S/C23H26BrN3O2/c1-5-27-13-20(24)21(25-27)14-26(4)23(28)19-8-6-7-18(12-19)15-29-22-10-9-16(2)11-17(22)3/h6-13H,5,14-15H2,1-4H3. The van der Waals surface area contributed by atoms with Gasteiger partial charge in [-0.05, 0) is 66.0 Å². The molecule has 0 aliphatic carbocycles. The first-order chi connectivity index (χ1) is 13.9. The van der Waals surface area contributed by atoms with E-state index in [1.807, 2.05) is 61.1 Å². The van der Waals surface area contributed by atoms with Crippen LogP contribution in [0.3, 0.4) is 0 Å². The van der Waals surface area contributed by atoms with Gasteiger partial charge in [0.15, 0.2) is 0 Å². The lowest BCUT2D eigenvalue weighted by Gasteiger charge is -2.17. The summed E-state index contributed by atoms with van der Waals surface area (Å²) < 4.78 is 8.72. The fourth-order valence-electron chi connectivity index (χ4n) is 3.14. The van der Waals surface area contributed by atoms with Crippen LogP contribution in [0, 0.1) is 13.8 Å². The Kier molecular flexibility index (Phi) is 6.75. The molecule has 3 rings (SSSR count). The molecule has 0 bridgehead atoms. The molecule has 0 fully saturated rings. The fraction of sp³-hybridized carbons (Fsp3) is 0.304. The predicted molar refractivity (Wildman–Crippen MR) is 118 cm³/mol. The molecule has 5 nitrogen and oxygen atoms in total. The van der Waals surface area contributed by atoms with Gasteiger partial charge in [-0.1, -0.05) is 29.8 Å². The molecule has 0 saturated carbocycles. The Morgan fingerprint density at radius 1 is 1.21 bits per heavy atom. The van der Waals surface area contributed by atoms with Crippen LogP contribution in [0.5, 0.6) is 5.75 Å². The van der Waals surface area contributed by atoms with Crippen molar-refractivity contribution in [3.8, 4) is 5.75 Å². The molecule has 1 heterocycles. The van der Waals surface area contributed by atoms with Crippen LogP contribution >= 0.6 is 15.9 Å². The highest BCUT2D eigenvalue weighted by Crippen LogP contribution is 2.21. The molecule has 1 amide bonds. The van der Waals surface area contributed by atoms with Gasteiger partial charge in [-0.25, -0.2) is 0 Å². The van der Waals surface area contributed by atoms with Crippen LogP contribution in [-0.4, -0.2) is 27.6 Å². The normalized spacial score (nSPS) is 10.8. The first kappa shape index (κ1) is 21.1. The quantitative estimate of drug-likeness (QED) is 0.495. The largest absolute Gasteiger partial charge is 0.489 e. The van der Waals surface area contributed by atoms with Crippen LogP contribution in [0.2, 0.25) is 0 Å². The van der Waals surface area contributed by atoms with E-state index in [1.54, 1.807) is 11.9 Å². The molecule has 3 aromatic rings. The minimum Gasteiger partial charge on any atom is -0.489 e. The highest BCUT2D eigenvalue weighted by atomic mass is 79.9. The number of carbonyl (C=O) groups is 1. The lowest BCUT2D eigenvalue weighted by atomic mass is 10.1. The van der Waals surface area contributed by atoms with Gasteiger partial charge in [-0.2, -0.15) is 5.10 Å². The van der Waals surface area contributed by atoms with E-state index >= 15 is 0 Å². The summed E-state index contributed by atoms with van der Waals surface area (Å²) in [5.74, 6) is 0.817. The molecule has 6 heteroatoms. The second kappa shape index (κ2) is 9.27. The van der Waals surface area contributed by atoms with E-state index in [0.717, 1.165) is 33.6 Å². The van der Waals surface area contributed by atoms with Crippen molar-refractivity contribution < 1.29 is 9.53 Å². The monoisotopic (exact) mass is 455 g/mol. The van der Waals surface area contributed by atoms with Crippen molar-refractivity contribution in [1.82, 2.24) is 14.7 Å². The second-order valence-electron chi connectivity index (χ2n) is 7.20. The molecule has 1 aromatic heterocycles. The van der Waals surface area contributed by atoms with Gasteiger partial charge in [-0.3, -0.25) is 9.48 Å². The molecule has 0 aliphatic heterocycles. The van der Waals surface area contributed by atoms with Gasteiger partial charge in [0.25, 0.3) is 5.91 Å². The van der Waals surface area contributed by atoms with Crippen LogP contribution < -0.4 is 4.74 Å². The van der Waals surface area contributed by atoms with Crippen LogP contribution in [0.25, 0.3) is 0 Å². The van der Waals surface area contributed by atoms with Crippen molar-refractivity contribution >= 4 is 21.8 Å². The summed E-state index contributed by atoms with van der Waals surface area (Å²) in [4.78, 5) is 14.6. The molecule has 0 unspecified atom stereocenters. The highest BCUT2D eigenvalue weighted by Gasteiger charge is 2.16. The average Bonchev–Trinajstić information content (AvgIpc) is 3.06. The number of ether oxygens (including phenoxy) is 1. The molecule has 0 radical (unpaired) electrons. The molecule has 0 N–H and O–H groups in total. The fourth-order valence-corrected chi connectivity index (χ4v) is 3.58. The number of hydrogen-bond donors (Lipinski definition) is 0. The zero-order chi connectivity index (χ0) is 21.0. The molecule has 29 heavy (non-hydrogen) atoms. The van der Waals surface area contributed by atoms with Crippen LogP contribution in [0.15, 0.2) is 53.1 Å². The second-order valence-corrected chi connectivity index (χ2v) is 8.05. The Hall–Kier alpha value is -2.60. The molecular weight excluding hydrogens is 430 g/mol. The summed E-state index contributed by atoms with van der Waals surface area (Å²) in [5.41, 5.74) is 4.76. The number of halogens is 1. The van der Waals surface area contributed by atoms with E-state index in [2.05, 4.69) is 34.0 Å². The maximum absolute atomic E-state index is 12.9. The summed E-state index contributed by atoms with van der Waals surface area (Å²) >= 11 is 3.52. The van der Waals surface area contributed by atoms with Crippen molar-refractivity contribution in [2.45, 2.75) is 40.5 Å². The third kappa shape index (κ3) is 5.26. The molecule has 2 aromatic carbocycles. The Bertz CT molecular complexity index is 1010. The van der Waals surface area contributed by atoms with E-state index < -0.39 is 0 Å². The average molecular weight is 456 g/mol. The number of amides is 1. The molecule has 0 atom stereocenters. The van der Waals surface area contributed by atoms with Crippen molar-refractivity contribution in [3.05, 3.63) is 81.1 Å². The molecule has 152 valence electrons. The van der Waals surface area contributed by atoms with Crippen LogP contribution in [0.4, 0.5) is 0 Å². The summed E-state index contributed by atoms with van der Waals surface area (Å²) in [6.45, 7) is 7.78. The summed E-state index contributed by atoms with van der Waals surface area (Å²) in [7, 11) is 1.79. The number of nitrogens with zero attached hydrogens (tertiary/aromatic N) is 3. The first-order valence-corrected chi connectivity index (χ1v) is 10.4. The zero-order valence-corrected chi connectivity index (χ0v) is 18.9. The minimum absolute atomic E-state index is 0.0451. The van der Waals surface area contributed by atoms with Crippen molar-refractivity contribution in [2.75, 3.05) is 7.05 Å². The predicted octanol–water partition coefficient (Wildman–Crippen LogP) is 5.13. The number of hydrogen-bond acceptors (Lipinski definition) is 3. The number of aromatic nitrogens is 2. The number of carbonyl (C=O) groups excluding carboxylic acids is 1. The van der Waals surface area contributed by atoms with Gasteiger partial charge in [0, 0.05) is 25.4 Å². The maximum Gasteiger partial charge on any atom is 0.253 e. The molecule has 0 saturated heterocycles. The Morgan fingerprint density at radius 3 is 2.69 bits per heavy atom. The summed E-state index contributed by atoms with van der Waals surface area (Å²) in [5, 5.41) is 4.50. The highest BCUT2D eigenvalue weighted by molar-refractivity contribution is 9.10.